The van der Waals surface area contributed by atoms with Crippen molar-refractivity contribution in [3.05, 3.63) is 47.7 Å². The van der Waals surface area contributed by atoms with E-state index in [2.05, 4.69) is 22.3 Å². The SMILES string of the molecule is CN/C=C\C(=N)c1ccc(CN(C)C)cc1. The molecule has 0 amide bonds. The van der Waals surface area contributed by atoms with E-state index in [-0.39, 0.29) is 0 Å². The van der Waals surface area contributed by atoms with Gasteiger partial charge >= 0.3 is 0 Å². The average Bonchev–Trinajstić information content (AvgIpc) is 2.26. The zero-order valence-electron chi connectivity index (χ0n) is 10.1. The van der Waals surface area contributed by atoms with Gasteiger partial charge in [0.1, 0.15) is 0 Å². The Balaban J connectivity index is 2.71. The third-order valence-corrected chi connectivity index (χ3v) is 2.18. The molecular weight excluding hydrogens is 198 g/mol. The first-order chi connectivity index (χ1) is 7.63. The summed E-state index contributed by atoms with van der Waals surface area (Å²) in [6, 6.07) is 8.11. The molecular formula is C13H19N3. The zero-order valence-corrected chi connectivity index (χ0v) is 10.1. The molecule has 16 heavy (non-hydrogen) atoms. The second-order valence-electron chi connectivity index (χ2n) is 3.97. The highest BCUT2D eigenvalue weighted by atomic mass is 15.0. The van der Waals surface area contributed by atoms with E-state index < -0.39 is 0 Å². The molecule has 0 aliphatic heterocycles. The number of hydrogen-bond acceptors (Lipinski definition) is 3. The van der Waals surface area contributed by atoms with Crippen LogP contribution in [0.25, 0.3) is 0 Å². The van der Waals surface area contributed by atoms with Gasteiger partial charge in [0.2, 0.25) is 0 Å². The minimum Gasteiger partial charge on any atom is -0.394 e. The Morgan fingerprint density at radius 2 is 1.94 bits per heavy atom. The van der Waals surface area contributed by atoms with Crippen LogP contribution in [0.2, 0.25) is 0 Å². The smallest absolute Gasteiger partial charge is 0.0626 e. The highest BCUT2D eigenvalue weighted by molar-refractivity contribution is 6.06. The van der Waals surface area contributed by atoms with Gasteiger partial charge in [-0.15, -0.1) is 0 Å². The first kappa shape index (κ1) is 12.5. The van der Waals surface area contributed by atoms with Crippen molar-refractivity contribution in [1.82, 2.24) is 10.2 Å². The van der Waals surface area contributed by atoms with Crippen LogP contribution in [-0.2, 0) is 6.54 Å². The molecule has 1 aromatic rings. The summed E-state index contributed by atoms with van der Waals surface area (Å²) < 4.78 is 0. The van der Waals surface area contributed by atoms with Gasteiger partial charge in [0, 0.05) is 13.6 Å². The van der Waals surface area contributed by atoms with Crippen LogP contribution in [0.1, 0.15) is 11.1 Å². The van der Waals surface area contributed by atoms with E-state index in [9.17, 15) is 0 Å². The molecule has 0 aromatic heterocycles. The van der Waals surface area contributed by atoms with Gasteiger partial charge in [-0.3, -0.25) is 0 Å². The fourth-order valence-electron chi connectivity index (χ4n) is 1.42. The largest absolute Gasteiger partial charge is 0.394 e. The number of rotatable bonds is 5. The molecule has 0 saturated carbocycles. The Bertz CT molecular complexity index is 363. The number of hydrogen-bond donors (Lipinski definition) is 2. The van der Waals surface area contributed by atoms with Gasteiger partial charge in [0.05, 0.1) is 5.71 Å². The second kappa shape index (κ2) is 6.08. The maximum Gasteiger partial charge on any atom is 0.0626 e. The minimum absolute atomic E-state index is 0.519. The Kier molecular flexibility index (Phi) is 4.73. The van der Waals surface area contributed by atoms with Crippen LogP contribution in [0.3, 0.4) is 0 Å². The number of benzene rings is 1. The van der Waals surface area contributed by atoms with Crippen LogP contribution in [0.4, 0.5) is 0 Å². The summed E-state index contributed by atoms with van der Waals surface area (Å²) in [6.45, 7) is 0.931. The lowest BCUT2D eigenvalue weighted by Gasteiger charge is -2.09. The van der Waals surface area contributed by atoms with Crippen molar-refractivity contribution in [3.63, 3.8) is 0 Å². The average molecular weight is 217 g/mol. The molecule has 0 saturated heterocycles. The molecule has 0 aliphatic rings. The quantitative estimate of drug-likeness (QED) is 0.739. The van der Waals surface area contributed by atoms with Gasteiger partial charge in [-0.05, 0) is 37.5 Å². The summed E-state index contributed by atoms with van der Waals surface area (Å²) in [5.41, 5.74) is 2.72. The van der Waals surface area contributed by atoms with Gasteiger partial charge in [0.15, 0.2) is 0 Å². The number of nitrogens with zero attached hydrogens (tertiary/aromatic N) is 1. The van der Waals surface area contributed by atoms with Crippen molar-refractivity contribution < 1.29 is 0 Å². The molecule has 0 unspecified atom stereocenters. The van der Waals surface area contributed by atoms with Gasteiger partial charge in [-0.25, -0.2) is 0 Å². The first-order valence-electron chi connectivity index (χ1n) is 5.30. The lowest BCUT2D eigenvalue weighted by Crippen LogP contribution is -2.10. The Morgan fingerprint density at radius 1 is 1.31 bits per heavy atom. The summed E-state index contributed by atoms with van der Waals surface area (Å²) in [5.74, 6) is 0. The molecule has 3 heteroatoms. The standard InChI is InChI=1S/C13H19N3/c1-15-9-8-13(14)12-6-4-11(5-7-12)10-16(2)3/h4-9,14-15H,10H2,1-3H3/b9-8-,14-13?. The molecule has 0 atom stereocenters. The normalized spacial score (nSPS) is 11.0. The van der Waals surface area contributed by atoms with Crippen LogP contribution in [0, 0.1) is 5.41 Å². The van der Waals surface area contributed by atoms with E-state index in [0.29, 0.717) is 5.71 Å². The fraction of sp³-hybridized carbons (Fsp3) is 0.308. The maximum absolute atomic E-state index is 7.81. The molecule has 1 rings (SSSR count). The molecule has 0 aliphatic carbocycles. The summed E-state index contributed by atoms with van der Waals surface area (Å²) in [6.07, 6.45) is 3.51. The van der Waals surface area contributed by atoms with Gasteiger partial charge in [0.25, 0.3) is 0 Å². The monoisotopic (exact) mass is 217 g/mol. The predicted octanol–water partition coefficient (Wildman–Crippen LogP) is 1.85. The van der Waals surface area contributed by atoms with E-state index in [1.807, 2.05) is 33.3 Å². The van der Waals surface area contributed by atoms with E-state index in [1.54, 1.807) is 12.3 Å². The molecule has 2 N–H and O–H groups in total. The highest BCUT2D eigenvalue weighted by Gasteiger charge is 1.98. The van der Waals surface area contributed by atoms with Gasteiger partial charge in [-0.2, -0.15) is 0 Å². The fourth-order valence-corrected chi connectivity index (χ4v) is 1.42. The zero-order chi connectivity index (χ0) is 12.0. The topological polar surface area (TPSA) is 39.1 Å². The van der Waals surface area contributed by atoms with Crippen molar-refractivity contribution in [2.45, 2.75) is 6.54 Å². The third kappa shape index (κ3) is 3.87. The molecule has 0 bridgehead atoms. The lowest BCUT2D eigenvalue weighted by molar-refractivity contribution is 0.402. The molecule has 0 spiro atoms. The van der Waals surface area contributed by atoms with Crippen molar-refractivity contribution >= 4 is 5.71 Å². The predicted molar refractivity (Wildman–Crippen MR) is 68.9 cm³/mol. The van der Waals surface area contributed by atoms with Crippen LogP contribution >= 0.6 is 0 Å². The van der Waals surface area contributed by atoms with E-state index in [1.165, 1.54) is 5.56 Å². The minimum atomic E-state index is 0.519. The molecule has 3 nitrogen and oxygen atoms in total. The number of nitrogens with one attached hydrogen (secondary N) is 2. The summed E-state index contributed by atoms with van der Waals surface area (Å²) in [7, 11) is 5.92. The van der Waals surface area contributed by atoms with Crippen molar-refractivity contribution in [3.8, 4) is 0 Å². The maximum atomic E-state index is 7.81. The van der Waals surface area contributed by atoms with Gasteiger partial charge in [-0.1, -0.05) is 24.3 Å². The van der Waals surface area contributed by atoms with Gasteiger partial charge < -0.3 is 15.6 Å². The third-order valence-electron chi connectivity index (χ3n) is 2.18. The molecule has 0 fully saturated rings. The second-order valence-corrected chi connectivity index (χ2v) is 3.97. The molecule has 1 aromatic carbocycles. The molecule has 0 heterocycles. The molecule has 0 radical (unpaired) electrons. The van der Waals surface area contributed by atoms with Crippen LogP contribution in [0.5, 0.6) is 0 Å². The summed E-state index contributed by atoms with van der Waals surface area (Å²) in [4.78, 5) is 2.13. The summed E-state index contributed by atoms with van der Waals surface area (Å²) in [5, 5.41) is 10.7. The van der Waals surface area contributed by atoms with E-state index in [0.717, 1.165) is 12.1 Å². The lowest BCUT2D eigenvalue weighted by atomic mass is 10.1. The van der Waals surface area contributed by atoms with Crippen LogP contribution in [-0.4, -0.2) is 31.8 Å². The van der Waals surface area contributed by atoms with Crippen LogP contribution < -0.4 is 5.32 Å². The number of allylic oxidation sites excluding steroid dienone is 1. The van der Waals surface area contributed by atoms with Crippen LogP contribution in [0.15, 0.2) is 36.5 Å². The van der Waals surface area contributed by atoms with Crippen molar-refractivity contribution in [1.29, 1.82) is 5.41 Å². The molecule has 86 valence electrons. The first-order valence-corrected chi connectivity index (χ1v) is 5.30. The van der Waals surface area contributed by atoms with Crippen molar-refractivity contribution in [2.24, 2.45) is 0 Å². The Hall–Kier alpha value is -1.61. The van der Waals surface area contributed by atoms with E-state index >= 15 is 0 Å². The Morgan fingerprint density at radius 3 is 2.44 bits per heavy atom. The Labute approximate surface area is 97.3 Å². The summed E-state index contributed by atoms with van der Waals surface area (Å²) >= 11 is 0. The highest BCUT2D eigenvalue weighted by Crippen LogP contribution is 2.07. The van der Waals surface area contributed by atoms with E-state index in [4.69, 9.17) is 5.41 Å². The van der Waals surface area contributed by atoms with Crippen molar-refractivity contribution in [2.75, 3.05) is 21.1 Å².